The van der Waals surface area contributed by atoms with Crippen LogP contribution < -0.4 is 5.73 Å². The van der Waals surface area contributed by atoms with Gasteiger partial charge in [0.2, 0.25) is 5.95 Å². The number of nitrogens with two attached hydrogens (primary N) is 1. The number of rotatable bonds is 3. The van der Waals surface area contributed by atoms with Crippen LogP contribution in [0.15, 0.2) is 18.2 Å². The third kappa shape index (κ3) is 2.07. The fraction of sp³-hybridized carbons (Fsp3) is 0.533. The summed E-state index contributed by atoms with van der Waals surface area (Å²) < 4.78 is 2.12. The lowest BCUT2D eigenvalue weighted by Crippen LogP contribution is -2.45. The number of nitrogen functional groups attached to an aromatic ring is 1. The van der Waals surface area contributed by atoms with Gasteiger partial charge in [-0.25, -0.2) is 4.98 Å². The monoisotopic (exact) mass is 292 g/mol. The molecule has 0 bridgehead atoms. The summed E-state index contributed by atoms with van der Waals surface area (Å²) in [5.41, 5.74) is 8.15. The molecule has 3 rings (SSSR count). The van der Waals surface area contributed by atoms with Gasteiger partial charge in [-0.2, -0.15) is 0 Å². The maximum atomic E-state index is 6.21. The second-order valence-electron chi connectivity index (χ2n) is 5.99. The Labute approximate surface area is 124 Å². The van der Waals surface area contributed by atoms with Crippen LogP contribution in [0.3, 0.4) is 0 Å². The first-order chi connectivity index (χ1) is 9.53. The van der Waals surface area contributed by atoms with E-state index in [1.165, 1.54) is 25.7 Å². The number of para-hydroxylation sites is 1. The molecule has 20 heavy (non-hydrogen) atoms. The van der Waals surface area contributed by atoms with Crippen molar-refractivity contribution in [3.63, 3.8) is 0 Å². The topological polar surface area (TPSA) is 47.1 Å². The van der Waals surface area contributed by atoms with E-state index in [4.69, 9.17) is 17.3 Å². The second-order valence-corrected chi connectivity index (χ2v) is 6.40. The number of hydrogen-bond donors (Lipinski definition) is 1. The summed E-state index contributed by atoms with van der Waals surface area (Å²) in [5, 5.41) is 0.665. The van der Waals surface area contributed by atoms with E-state index in [2.05, 4.69) is 28.5 Å². The van der Waals surface area contributed by atoms with E-state index in [0.717, 1.165) is 17.6 Å². The van der Waals surface area contributed by atoms with Crippen molar-refractivity contribution in [2.75, 3.05) is 19.8 Å². The first kappa shape index (κ1) is 13.7. The fourth-order valence-electron chi connectivity index (χ4n) is 3.37. The van der Waals surface area contributed by atoms with Gasteiger partial charge in [0.15, 0.2) is 0 Å². The van der Waals surface area contributed by atoms with Gasteiger partial charge in [-0.15, -0.1) is 0 Å². The van der Waals surface area contributed by atoms with Gasteiger partial charge in [-0.05, 0) is 39.1 Å². The highest BCUT2D eigenvalue weighted by molar-refractivity contribution is 6.35. The first-order valence-corrected chi connectivity index (χ1v) is 7.49. The van der Waals surface area contributed by atoms with Gasteiger partial charge >= 0.3 is 0 Å². The van der Waals surface area contributed by atoms with E-state index >= 15 is 0 Å². The van der Waals surface area contributed by atoms with Crippen molar-refractivity contribution in [2.45, 2.75) is 37.8 Å². The van der Waals surface area contributed by atoms with Gasteiger partial charge in [0.05, 0.1) is 10.5 Å². The quantitative estimate of drug-likeness (QED) is 0.945. The van der Waals surface area contributed by atoms with E-state index in [-0.39, 0.29) is 5.54 Å². The minimum atomic E-state index is 0.185. The van der Waals surface area contributed by atoms with Crippen LogP contribution in [-0.4, -0.2) is 34.1 Å². The lowest BCUT2D eigenvalue weighted by Gasteiger charge is -2.37. The summed E-state index contributed by atoms with van der Waals surface area (Å²) in [6, 6.07) is 5.86. The molecule has 0 spiro atoms. The van der Waals surface area contributed by atoms with Crippen molar-refractivity contribution in [3.05, 3.63) is 23.2 Å². The number of aromatic nitrogens is 2. The molecule has 1 fully saturated rings. The molecule has 1 aromatic carbocycles. The molecule has 1 aliphatic carbocycles. The summed E-state index contributed by atoms with van der Waals surface area (Å²) in [4.78, 5) is 6.78. The number of halogens is 1. The van der Waals surface area contributed by atoms with Crippen molar-refractivity contribution in [1.82, 2.24) is 14.5 Å². The SMILES string of the molecule is CN(C)C1(Cn2c(N)nc3c(Cl)cccc32)CCCC1. The molecular formula is C15H21ClN4. The Kier molecular flexibility index (Phi) is 3.38. The van der Waals surface area contributed by atoms with Crippen LogP contribution in [-0.2, 0) is 6.54 Å². The number of anilines is 1. The fourth-order valence-corrected chi connectivity index (χ4v) is 3.58. The molecular weight excluding hydrogens is 272 g/mol. The van der Waals surface area contributed by atoms with Crippen LogP contribution in [0.4, 0.5) is 5.95 Å². The Morgan fingerprint density at radius 2 is 2.05 bits per heavy atom. The summed E-state index contributed by atoms with van der Waals surface area (Å²) >= 11 is 6.21. The van der Waals surface area contributed by atoms with Crippen molar-refractivity contribution >= 4 is 28.6 Å². The Hall–Kier alpha value is -1.26. The molecule has 0 atom stereocenters. The van der Waals surface area contributed by atoms with E-state index in [1.54, 1.807) is 0 Å². The minimum absolute atomic E-state index is 0.185. The summed E-state index contributed by atoms with van der Waals surface area (Å²) in [6.07, 6.45) is 4.98. The molecule has 2 aromatic rings. The summed E-state index contributed by atoms with van der Waals surface area (Å²) in [5.74, 6) is 0.557. The van der Waals surface area contributed by atoms with Crippen molar-refractivity contribution < 1.29 is 0 Å². The molecule has 0 saturated heterocycles. The predicted octanol–water partition coefficient (Wildman–Crippen LogP) is 3.15. The lowest BCUT2D eigenvalue weighted by atomic mass is 9.96. The number of likely N-dealkylation sites (N-methyl/N-ethyl adjacent to an activating group) is 1. The standard InChI is InChI=1S/C15H21ClN4/c1-19(2)15(8-3-4-9-15)10-20-12-7-5-6-11(16)13(12)18-14(20)17/h5-7H,3-4,8-10H2,1-2H3,(H2,17,18). The third-order valence-electron chi connectivity index (χ3n) is 4.69. The zero-order valence-corrected chi connectivity index (χ0v) is 12.8. The highest BCUT2D eigenvalue weighted by Gasteiger charge is 2.37. The van der Waals surface area contributed by atoms with Gasteiger partial charge in [-0.3, -0.25) is 0 Å². The van der Waals surface area contributed by atoms with Gasteiger partial charge in [0.1, 0.15) is 5.52 Å². The van der Waals surface area contributed by atoms with Crippen LogP contribution >= 0.6 is 11.6 Å². The Bertz CT molecular complexity index is 626. The third-order valence-corrected chi connectivity index (χ3v) is 5.00. The molecule has 1 heterocycles. The maximum absolute atomic E-state index is 6.21. The largest absolute Gasteiger partial charge is 0.369 e. The Balaban J connectivity index is 2.06. The summed E-state index contributed by atoms with van der Waals surface area (Å²) in [6.45, 7) is 0.878. The van der Waals surface area contributed by atoms with Crippen LogP contribution in [0.25, 0.3) is 11.0 Å². The second kappa shape index (κ2) is 4.93. The van der Waals surface area contributed by atoms with Gasteiger partial charge in [0.25, 0.3) is 0 Å². The highest BCUT2D eigenvalue weighted by atomic mass is 35.5. The van der Waals surface area contributed by atoms with E-state index in [9.17, 15) is 0 Å². The van der Waals surface area contributed by atoms with Crippen LogP contribution in [0, 0.1) is 0 Å². The predicted molar refractivity (Wildman–Crippen MR) is 84.0 cm³/mol. The van der Waals surface area contributed by atoms with Gasteiger partial charge in [0, 0.05) is 12.1 Å². The first-order valence-electron chi connectivity index (χ1n) is 7.11. The van der Waals surface area contributed by atoms with Crippen LogP contribution in [0.1, 0.15) is 25.7 Å². The molecule has 0 unspecified atom stereocenters. The molecule has 1 aromatic heterocycles. The molecule has 1 aliphatic rings. The van der Waals surface area contributed by atoms with Gasteiger partial charge < -0.3 is 15.2 Å². The molecule has 108 valence electrons. The average molecular weight is 293 g/mol. The lowest BCUT2D eigenvalue weighted by molar-refractivity contribution is 0.136. The number of nitrogens with zero attached hydrogens (tertiary/aromatic N) is 3. The van der Waals surface area contributed by atoms with Crippen LogP contribution in [0.2, 0.25) is 5.02 Å². The molecule has 4 nitrogen and oxygen atoms in total. The number of fused-ring (bicyclic) bond motifs is 1. The maximum Gasteiger partial charge on any atom is 0.201 e. The summed E-state index contributed by atoms with van der Waals surface area (Å²) in [7, 11) is 4.32. The Morgan fingerprint density at radius 3 is 2.70 bits per heavy atom. The molecule has 2 N–H and O–H groups in total. The molecule has 0 radical (unpaired) electrons. The Morgan fingerprint density at radius 1 is 1.35 bits per heavy atom. The molecule has 1 saturated carbocycles. The highest BCUT2D eigenvalue weighted by Crippen LogP contribution is 2.37. The molecule has 0 amide bonds. The van der Waals surface area contributed by atoms with Gasteiger partial charge in [-0.1, -0.05) is 30.5 Å². The normalized spacial score (nSPS) is 18.2. The van der Waals surface area contributed by atoms with Crippen molar-refractivity contribution in [1.29, 1.82) is 0 Å². The molecule has 5 heteroatoms. The minimum Gasteiger partial charge on any atom is -0.369 e. The van der Waals surface area contributed by atoms with Crippen molar-refractivity contribution in [3.8, 4) is 0 Å². The zero-order chi connectivity index (χ0) is 14.3. The smallest absolute Gasteiger partial charge is 0.201 e. The van der Waals surface area contributed by atoms with Crippen LogP contribution in [0.5, 0.6) is 0 Å². The van der Waals surface area contributed by atoms with Crippen molar-refractivity contribution in [2.24, 2.45) is 0 Å². The number of imidazole rings is 1. The number of hydrogen-bond acceptors (Lipinski definition) is 3. The molecule has 0 aliphatic heterocycles. The van der Waals surface area contributed by atoms with E-state index < -0.39 is 0 Å². The van der Waals surface area contributed by atoms with E-state index in [0.29, 0.717) is 11.0 Å². The average Bonchev–Trinajstić information content (AvgIpc) is 2.99. The van der Waals surface area contributed by atoms with E-state index in [1.807, 2.05) is 18.2 Å². The number of benzene rings is 1. The zero-order valence-electron chi connectivity index (χ0n) is 12.1.